The smallest absolute Gasteiger partial charge is 0.291 e. The summed E-state index contributed by atoms with van der Waals surface area (Å²) < 4.78 is 5.07. The summed E-state index contributed by atoms with van der Waals surface area (Å²) in [5.41, 5.74) is 0.868. The van der Waals surface area contributed by atoms with Crippen LogP contribution in [0.5, 0.6) is 0 Å². The first-order valence-electron chi connectivity index (χ1n) is 7.49. The third kappa shape index (κ3) is 3.80. The van der Waals surface area contributed by atoms with E-state index in [1.165, 1.54) is 17.6 Å². The van der Waals surface area contributed by atoms with Crippen molar-refractivity contribution in [2.75, 3.05) is 25.5 Å². The fourth-order valence-corrected chi connectivity index (χ4v) is 3.68. The van der Waals surface area contributed by atoms with Crippen LogP contribution < -0.4 is 10.6 Å². The van der Waals surface area contributed by atoms with E-state index in [-0.39, 0.29) is 36.0 Å². The molecule has 6 nitrogen and oxygen atoms in total. The molecule has 3 rings (SSSR count). The summed E-state index contributed by atoms with van der Waals surface area (Å²) in [5.74, 6) is -0.0682. The Morgan fingerprint density at radius 2 is 2.25 bits per heavy atom. The first kappa shape index (κ1) is 18.5. The minimum atomic E-state index is -0.316. The van der Waals surface area contributed by atoms with Crippen LogP contribution in [-0.2, 0) is 0 Å². The molecule has 2 N–H and O–H groups in total. The van der Waals surface area contributed by atoms with Gasteiger partial charge in [-0.05, 0) is 43.7 Å². The zero-order chi connectivity index (χ0) is 16.4. The van der Waals surface area contributed by atoms with Crippen molar-refractivity contribution in [3.8, 4) is 0 Å². The predicted molar refractivity (Wildman–Crippen MR) is 96.3 cm³/mol. The number of halogens is 1. The molecule has 3 heterocycles. The standard InChI is InChI=1S/C16H19N3O3S.ClH/c1-10-8-13(18-15(20)12-4-3-7-22-12)23-14(10)16(21)19(2)11-5-6-17-9-11;/h3-4,7-8,11,17H,5-6,9H2,1-2H3,(H,18,20);1H. The Kier molecular flexibility index (Phi) is 6.04. The number of likely N-dealkylation sites (N-methyl/N-ethyl adjacent to an activating group) is 1. The third-order valence-electron chi connectivity index (χ3n) is 4.00. The number of hydrogen-bond donors (Lipinski definition) is 2. The van der Waals surface area contributed by atoms with Crippen molar-refractivity contribution >= 4 is 40.6 Å². The highest BCUT2D eigenvalue weighted by Crippen LogP contribution is 2.29. The molecule has 1 aliphatic rings. The molecule has 130 valence electrons. The highest BCUT2D eigenvalue weighted by Gasteiger charge is 2.26. The van der Waals surface area contributed by atoms with Gasteiger partial charge in [-0.2, -0.15) is 0 Å². The number of anilines is 1. The van der Waals surface area contributed by atoms with E-state index in [9.17, 15) is 9.59 Å². The fourth-order valence-electron chi connectivity index (χ4n) is 2.63. The second-order valence-electron chi connectivity index (χ2n) is 5.62. The lowest BCUT2D eigenvalue weighted by Crippen LogP contribution is -2.38. The molecule has 8 heteroatoms. The molecule has 1 fully saturated rings. The molecule has 2 aromatic heterocycles. The predicted octanol–water partition coefficient (Wildman–Crippen LogP) is 2.76. The number of thiophene rings is 1. The SMILES string of the molecule is Cc1cc(NC(=O)c2ccco2)sc1C(=O)N(C)C1CCNC1.Cl. The van der Waals surface area contributed by atoms with E-state index in [2.05, 4.69) is 10.6 Å². The molecule has 0 saturated carbocycles. The maximum absolute atomic E-state index is 12.7. The average molecular weight is 370 g/mol. The van der Waals surface area contributed by atoms with Crippen molar-refractivity contribution in [1.82, 2.24) is 10.2 Å². The van der Waals surface area contributed by atoms with Crippen LogP contribution in [0.4, 0.5) is 5.00 Å². The molecule has 2 aromatic rings. The van der Waals surface area contributed by atoms with Gasteiger partial charge in [0.2, 0.25) is 0 Å². The van der Waals surface area contributed by atoms with E-state index < -0.39 is 0 Å². The van der Waals surface area contributed by atoms with Crippen molar-refractivity contribution < 1.29 is 14.0 Å². The first-order chi connectivity index (χ1) is 11.1. The van der Waals surface area contributed by atoms with Crippen LogP contribution in [-0.4, -0.2) is 42.9 Å². The van der Waals surface area contributed by atoms with Crippen LogP contribution in [0.3, 0.4) is 0 Å². The van der Waals surface area contributed by atoms with Gasteiger partial charge in [0.05, 0.1) is 16.1 Å². The van der Waals surface area contributed by atoms with Crippen LogP contribution in [0, 0.1) is 6.92 Å². The van der Waals surface area contributed by atoms with E-state index in [4.69, 9.17) is 4.42 Å². The molecule has 0 spiro atoms. The number of nitrogens with zero attached hydrogens (tertiary/aromatic N) is 1. The molecule has 1 atom stereocenters. The van der Waals surface area contributed by atoms with E-state index in [0.29, 0.717) is 9.88 Å². The summed E-state index contributed by atoms with van der Waals surface area (Å²) >= 11 is 1.30. The topological polar surface area (TPSA) is 74.6 Å². The molecule has 0 aliphatic carbocycles. The van der Waals surface area contributed by atoms with Gasteiger partial charge in [0, 0.05) is 19.6 Å². The number of carbonyl (C=O) groups is 2. The molecule has 1 aliphatic heterocycles. The van der Waals surface area contributed by atoms with Crippen LogP contribution in [0.2, 0.25) is 0 Å². The Morgan fingerprint density at radius 1 is 1.46 bits per heavy atom. The first-order valence-corrected chi connectivity index (χ1v) is 8.31. The van der Waals surface area contributed by atoms with Gasteiger partial charge >= 0.3 is 0 Å². The van der Waals surface area contributed by atoms with Crippen molar-refractivity contribution in [1.29, 1.82) is 0 Å². The number of rotatable bonds is 4. The van der Waals surface area contributed by atoms with Crippen molar-refractivity contribution in [2.24, 2.45) is 0 Å². The zero-order valence-corrected chi connectivity index (χ0v) is 15.1. The quantitative estimate of drug-likeness (QED) is 0.869. The van der Waals surface area contributed by atoms with Crippen molar-refractivity contribution in [2.45, 2.75) is 19.4 Å². The molecule has 0 bridgehead atoms. The third-order valence-corrected chi connectivity index (χ3v) is 5.14. The summed E-state index contributed by atoms with van der Waals surface area (Å²) in [6.45, 7) is 3.65. The van der Waals surface area contributed by atoms with Crippen LogP contribution >= 0.6 is 23.7 Å². The summed E-state index contributed by atoms with van der Waals surface area (Å²) in [6.07, 6.45) is 2.42. The van der Waals surface area contributed by atoms with E-state index in [1.54, 1.807) is 17.0 Å². The van der Waals surface area contributed by atoms with Gasteiger partial charge in [0.15, 0.2) is 5.76 Å². The second kappa shape index (κ2) is 7.83. The van der Waals surface area contributed by atoms with Crippen LogP contribution in [0.1, 0.15) is 32.2 Å². The van der Waals surface area contributed by atoms with Crippen LogP contribution in [0.15, 0.2) is 28.9 Å². The Labute approximate surface area is 150 Å². The average Bonchev–Trinajstić information content (AvgIpc) is 3.27. The van der Waals surface area contributed by atoms with Crippen LogP contribution in [0.25, 0.3) is 0 Å². The highest BCUT2D eigenvalue weighted by molar-refractivity contribution is 7.18. The molecule has 24 heavy (non-hydrogen) atoms. The molecule has 0 radical (unpaired) electrons. The molecular weight excluding hydrogens is 350 g/mol. The number of carbonyl (C=O) groups excluding carboxylic acids is 2. The summed E-state index contributed by atoms with van der Waals surface area (Å²) in [5, 5.41) is 6.68. The van der Waals surface area contributed by atoms with Gasteiger partial charge in [-0.15, -0.1) is 23.7 Å². The van der Waals surface area contributed by atoms with Gasteiger partial charge < -0.3 is 20.0 Å². The zero-order valence-electron chi connectivity index (χ0n) is 13.5. The lowest BCUT2D eigenvalue weighted by molar-refractivity contribution is 0.0748. The van der Waals surface area contributed by atoms with Crippen molar-refractivity contribution in [3.63, 3.8) is 0 Å². The summed E-state index contributed by atoms with van der Waals surface area (Å²) in [6, 6.07) is 5.31. The lowest BCUT2D eigenvalue weighted by atomic mass is 10.2. The lowest BCUT2D eigenvalue weighted by Gasteiger charge is -2.23. The summed E-state index contributed by atoms with van der Waals surface area (Å²) in [7, 11) is 1.83. The number of nitrogens with one attached hydrogen (secondary N) is 2. The number of aryl methyl sites for hydroxylation is 1. The van der Waals surface area contributed by atoms with E-state index >= 15 is 0 Å². The molecule has 1 unspecified atom stereocenters. The number of amides is 2. The fraction of sp³-hybridized carbons (Fsp3) is 0.375. The van der Waals surface area contributed by atoms with Gasteiger partial charge in [-0.1, -0.05) is 0 Å². The molecule has 2 amide bonds. The molecule has 0 aromatic carbocycles. The summed E-state index contributed by atoms with van der Waals surface area (Å²) in [4.78, 5) is 27.1. The number of hydrogen-bond acceptors (Lipinski definition) is 5. The number of furan rings is 1. The minimum Gasteiger partial charge on any atom is -0.459 e. The normalized spacial score (nSPS) is 16.5. The Bertz CT molecular complexity index is 708. The highest BCUT2D eigenvalue weighted by atomic mass is 35.5. The van der Waals surface area contributed by atoms with Gasteiger partial charge in [0.1, 0.15) is 0 Å². The largest absolute Gasteiger partial charge is 0.459 e. The van der Waals surface area contributed by atoms with E-state index in [1.807, 2.05) is 20.0 Å². The van der Waals surface area contributed by atoms with E-state index in [0.717, 1.165) is 25.1 Å². The van der Waals surface area contributed by atoms with Gasteiger partial charge in [-0.25, -0.2) is 0 Å². The molecular formula is C16H20ClN3O3S. The maximum atomic E-state index is 12.7. The Balaban J connectivity index is 0.00000208. The second-order valence-corrected chi connectivity index (χ2v) is 6.67. The minimum absolute atomic E-state index is 0. The Hall–Kier alpha value is -1.83. The monoisotopic (exact) mass is 369 g/mol. The van der Waals surface area contributed by atoms with Gasteiger partial charge in [-0.3, -0.25) is 9.59 Å². The van der Waals surface area contributed by atoms with Crippen molar-refractivity contribution in [3.05, 3.63) is 40.7 Å². The molecule has 1 saturated heterocycles. The maximum Gasteiger partial charge on any atom is 0.291 e. The Morgan fingerprint density at radius 3 is 2.88 bits per heavy atom. The van der Waals surface area contributed by atoms with Gasteiger partial charge in [0.25, 0.3) is 11.8 Å².